The molecular formula is C30H37N2O6P. The molecule has 208 valence electrons. The highest BCUT2D eigenvalue weighted by atomic mass is 31.2. The first kappa shape index (κ1) is 30.1. The van der Waals surface area contributed by atoms with Crippen LogP contribution in [0, 0.1) is 0 Å². The minimum Gasteiger partial charge on any atom is -0.466 e. The molecule has 39 heavy (non-hydrogen) atoms. The van der Waals surface area contributed by atoms with Crippen molar-refractivity contribution in [1.29, 1.82) is 0 Å². The van der Waals surface area contributed by atoms with Crippen LogP contribution in [-0.4, -0.2) is 42.2 Å². The van der Waals surface area contributed by atoms with Crippen molar-refractivity contribution < 1.29 is 28.3 Å². The van der Waals surface area contributed by atoms with Crippen molar-refractivity contribution in [3.63, 3.8) is 0 Å². The maximum Gasteiger partial charge on any atom is 0.390 e. The van der Waals surface area contributed by atoms with E-state index in [1.807, 2.05) is 66.7 Å². The highest BCUT2D eigenvalue weighted by molar-refractivity contribution is 7.53. The minimum atomic E-state index is -4.11. The predicted molar refractivity (Wildman–Crippen MR) is 153 cm³/mol. The van der Waals surface area contributed by atoms with Gasteiger partial charge in [0.2, 0.25) is 5.91 Å². The van der Waals surface area contributed by atoms with Crippen LogP contribution in [0.15, 0.2) is 78.9 Å². The van der Waals surface area contributed by atoms with Crippen LogP contribution in [0.25, 0.3) is 11.1 Å². The largest absolute Gasteiger partial charge is 0.466 e. The first-order valence-corrected chi connectivity index (χ1v) is 15.0. The van der Waals surface area contributed by atoms with Gasteiger partial charge >= 0.3 is 13.6 Å². The summed E-state index contributed by atoms with van der Waals surface area (Å²) in [6.45, 7) is 4.16. The fourth-order valence-electron chi connectivity index (χ4n) is 4.03. The normalized spacial score (nSPS) is 13.2. The molecule has 0 heterocycles. The number of amides is 1. The van der Waals surface area contributed by atoms with E-state index >= 15 is 0 Å². The molecule has 1 unspecified atom stereocenters. The second-order valence-corrected chi connectivity index (χ2v) is 10.9. The Balaban J connectivity index is 1.66. The molecule has 1 amide bonds. The van der Waals surface area contributed by atoms with Gasteiger partial charge in [0.25, 0.3) is 0 Å². The van der Waals surface area contributed by atoms with Crippen molar-refractivity contribution in [1.82, 2.24) is 10.6 Å². The van der Waals surface area contributed by atoms with E-state index in [1.54, 1.807) is 19.1 Å². The molecule has 3 N–H and O–H groups in total. The van der Waals surface area contributed by atoms with Crippen molar-refractivity contribution in [3.05, 3.63) is 90.0 Å². The summed E-state index contributed by atoms with van der Waals surface area (Å²) in [5.74, 6) is -0.512. The van der Waals surface area contributed by atoms with Crippen molar-refractivity contribution in [2.45, 2.75) is 45.6 Å². The van der Waals surface area contributed by atoms with Crippen molar-refractivity contribution >= 4 is 19.5 Å². The van der Waals surface area contributed by atoms with E-state index in [9.17, 15) is 19.0 Å². The monoisotopic (exact) mass is 552 g/mol. The predicted octanol–water partition coefficient (Wildman–Crippen LogP) is 5.10. The van der Waals surface area contributed by atoms with Crippen LogP contribution in [0.3, 0.4) is 0 Å². The van der Waals surface area contributed by atoms with Crippen LogP contribution in [-0.2, 0) is 31.7 Å². The molecule has 0 aromatic heterocycles. The summed E-state index contributed by atoms with van der Waals surface area (Å²) in [6.07, 6.45) is 1.79. The average molecular weight is 553 g/mol. The zero-order chi connectivity index (χ0) is 28.1. The number of esters is 1. The number of benzene rings is 3. The van der Waals surface area contributed by atoms with Gasteiger partial charge in [-0.25, -0.2) is 4.57 Å². The third-order valence-corrected chi connectivity index (χ3v) is 7.08. The van der Waals surface area contributed by atoms with Gasteiger partial charge in [-0.1, -0.05) is 80.1 Å². The van der Waals surface area contributed by atoms with Gasteiger partial charge in [0.1, 0.15) is 12.0 Å². The van der Waals surface area contributed by atoms with Gasteiger partial charge in [-0.3, -0.25) is 14.9 Å². The molecule has 0 bridgehead atoms. The Hall–Kier alpha value is -3.45. The van der Waals surface area contributed by atoms with Gasteiger partial charge < -0.3 is 19.5 Å². The summed E-state index contributed by atoms with van der Waals surface area (Å²) in [7, 11) is -4.11. The molecule has 9 heteroatoms. The van der Waals surface area contributed by atoms with Crippen molar-refractivity contribution in [2.24, 2.45) is 0 Å². The molecule has 0 aliphatic rings. The summed E-state index contributed by atoms with van der Waals surface area (Å²) >= 11 is 0. The topological polar surface area (TPSA) is 114 Å². The first-order valence-electron chi connectivity index (χ1n) is 13.2. The number of aryl methyl sites for hydroxylation is 1. The second kappa shape index (κ2) is 15.2. The van der Waals surface area contributed by atoms with Crippen molar-refractivity contribution in [3.8, 4) is 16.9 Å². The Bertz CT molecular complexity index is 1230. The molecule has 0 aliphatic carbocycles. The first-order chi connectivity index (χ1) is 18.8. The maximum atomic E-state index is 13.0. The second-order valence-electron chi connectivity index (χ2n) is 9.15. The lowest BCUT2D eigenvalue weighted by Crippen LogP contribution is -2.46. The summed E-state index contributed by atoms with van der Waals surface area (Å²) in [4.78, 5) is 35.1. The van der Waals surface area contributed by atoms with Crippen molar-refractivity contribution in [2.75, 3.05) is 19.4 Å². The number of carbonyl (C=O) groups excluding carboxylic acids is 2. The Morgan fingerprint density at radius 2 is 1.54 bits per heavy atom. The van der Waals surface area contributed by atoms with E-state index in [0.29, 0.717) is 0 Å². The lowest BCUT2D eigenvalue weighted by atomic mass is 10.0. The lowest BCUT2D eigenvalue weighted by molar-refractivity contribution is -0.143. The highest BCUT2D eigenvalue weighted by Gasteiger charge is 2.26. The molecule has 0 fully saturated rings. The molecule has 8 nitrogen and oxygen atoms in total. The summed E-state index contributed by atoms with van der Waals surface area (Å²) in [6, 6.07) is 24.0. The molecule has 0 spiro atoms. The molecule has 0 saturated carbocycles. The molecule has 3 rings (SSSR count). The number of hydrogen-bond donors (Lipinski definition) is 3. The van der Waals surface area contributed by atoms with E-state index in [-0.39, 0.29) is 31.7 Å². The average Bonchev–Trinajstić information content (AvgIpc) is 2.93. The summed E-state index contributed by atoms with van der Waals surface area (Å²) < 4.78 is 23.1. The Labute approximate surface area is 230 Å². The van der Waals surface area contributed by atoms with E-state index < -0.39 is 31.8 Å². The molecule has 3 aromatic carbocycles. The molecule has 2 atom stereocenters. The lowest BCUT2D eigenvalue weighted by Gasteiger charge is -2.21. The Morgan fingerprint density at radius 1 is 0.897 bits per heavy atom. The number of nitrogens with one attached hydrogen (secondary N) is 2. The van der Waals surface area contributed by atoms with Crippen LogP contribution in [0.1, 0.15) is 37.8 Å². The third kappa shape index (κ3) is 10.3. The number of ether oxygens (including phenoxy) is 1. The van der Waals surface area contributed by atoms with Gasteiger partial charge in [-0.15, -0.1) is 0 Å². The SMILES string of the molecule is CCCc1ccc(OP(=O)(O)CN[C@@H](Cc2ccc(-c3ccccc3)cc2)C(=O)NCCC(=O)OCC)cc1. The van der Waals surface area contributed by atoms with Gasteiger partial charge in [-0.05, 0) is 54.2 Å². The smallest absolute Gasteiger partial charge is 0.390 e. The molecular weight excluding hydrogens is 515 g/mol. The highest BCUT2D eigenvalue weighted by Crippen LogP contribution is 2.41. The van der Waals surface area contributed by atoms with Crippen LogP contribution < -0.4 is 15.2 Å². The Kier molecular flexibility index (Phi) is 11.7. The standard InChI is InChI=1S/C30H37N2O6P/c1-3-8-23-13-17-27(18-14-23)38-39(35,36)22-32-28(30(34)31-20-19-29(33)37-4-2)21-24-11-15-26(16-12-24)25-9-6-5-7-10-25/h5-7,9-18,28,32H,3-4,8,19-22H2,1-2H3,(H,31,34)(H,35,36)/t28-/m0/s1. The quantitative estimate of drug-likeness (QED) is 0.178. The van der Waals surface area contributed by atoms with E-state index in [0.717, 1.165) is 35.1 Å². The fraction of sp³-hybridized carbons (Fsp3) is 0.333. The molecule has 0 aliphatic heterocycles. The fourth-order valence-corrected chi connectivity index (χ4v) is 5.00. The third-order valence-electron chi connectivity index (χ3n) is 6.00. The zero-order valence-corrected chi connectivity index (χ0v) is 23.4. The van der Waals surface area contributed by atoms with Gasteiger partial charge in [0.05, 0.1) is 19.1 Å². The van der Waals surface area contributed by atoms with Gasteiger partial charge in [-0.2, -0.15) is 0 Å². The molecule has 0 radical (unpaired) electrons. The number of rotatable bonds is 15. The maximum absolute atomic E-state index is 13.0. The van der Waals surface area contributed by atoms with E-state index in [1.165, 1.54) is 0 Å². The van der Waals surface area contributed by atoms with Gasteiger partial charge in [0.15, 0.2) is 0 Å². The van der Waals surface area contributed by atoms with Crippen LogP contribution in [0.5, 0.6) is 5.75 Å². The number of carbonyl (C=O) groups is 2. The summed E-state index contributed by atoms with van der Waals surface area (Å²) in [5, 5.41) is 5.62. The van der Waals surface area contributed by atoms with Crippen LogP contribution >= 0.6 is 7.60 Å². The zero-order valence-electron chi connectivity index (χ0n) is 22.5. The minimum absolute atomic E-state index is 0.0354. The van der Waals surface area contributed by atoms with Crippen LogP contribution in [0.2, 0.25) is 0 Å². The van der Waals surface area contributed by atoms with Crippen LogP contribution in [0.4, 0.5) is 0 Å². The Morgan fingerprint density at radius 3 is 2.18 bits per heavy atom. The van der Waals surface area contributed by atoms with Gasteiger partial charge in [0, 0.05) is 6.54 Å². The number of hydrogen-bond acceptors (Lipinski definition) is 6. The van der Waals surface area contributed by atoms with E-state index in [4.69, 9.17) is 9.26 Å². The molecule has 0 saturated heterocycles. The summed E-state index contributed by atoms with van der Waals surface area (Å²) in [5.41, 5.74) is 4.11. The molecule has 3 aromatic rings. The van der Waals surface area contributed by atoms with E-state index in [2.05, 4.69) is 17.6 Å².